The minimum absolute atomic E-state index is 0.0156. The summed E-state index contributed by atoms with van der Waals surface area (Å²) in [5.41, 5.74) is 2.80. The zero-order valence-corrected chi connectivity index (χ0v) is 21.5. The second-order valence-corrected chi connectivity index (χ2v) is 9.68. The topological polar surface area (TPSA) is 114 Å². The fourth-order valence-electron chi connectivity index (χ4n) is 5.11. The van der Waals surface area contributed by atoms with Gasteiger partial charge >= 0.3 is 6.18 Å². The Labute approximate surface area is 228 Å². The van der Waals surface area contributed by atoms with Crippen LogP contribution in [-0.2, 0) is 34.0 Å². The minimum Gasteiger partial charge on any atom is -0.376 e. The summed E-state index contributed by atoms with van der Waals surface area (Å²) in [4.78, 5) is 34.2. The fraction of sp³-hybridized carbons (Fsp3) is 0.407. The second kappa shape index (κ2) is 11.4. The van der Waals surface area contributed by atoms with E-state index in [1.165, 1.54) is 11.1 Å². The Bertz CT molecular complexity index is 1380. The van der Waals surface area contributed by atoms with Crippen LogP contribution in [-0.4, -0.2) is 65.6 Å². The average molecular weight is 554 g/mol. The van der Waals surface area contributed by atoms with E-state index in [1.54, 1.807) is 17.0 Å². The lowest BCUT2D eigenvalue weighted by atomic mass is 10.0. The summed E-state index contributed by atoms with van der Waals surface area (Å²) >= 11 is 0. The lowest BCUT2D eigenvalue weighted by Crippen LogP contribution is -2.49. The van der Waals surface area contributed by atoms with E-state index in [2.05, 4.69) is 20.1 Å². The van der Waals surface area contributed by atoms with Crippen LogP contribution in [0, 0.1) is 17.2 Å². The van der Waals surface area contributed by atoms with Gasteiger partial charge in [-0.25, -0.2) is 4.98 Å². The molecule has 1 fully saturated rings. The maximum Gasteiger partial charge on any atom is 0.406 e. The van der Waals surface area contributed by atoms with Crippen molar-refractivity contribution < 1.29 is 27.5 Å². The number of amides is 2. The molecule has 1 saturated heterocycles. The molecule has 208 valence electrons. The molecular formula is C27H26F3N7O3. The van der Waals surface area contributed by atoms with E-state index < -0.39 is 18.0 Å². The molecule has 4 heterocycles. The standard InChI is InChI=1S/C27H26F3N7O3/c28-27(29,30)25-22(14-33-34-26(25)39)37-15-19-2-1-3-20(21(19)16-37)17-40-11-6-24(38)36-9-7-35(8-10-36)23-5-4-18(12-31)13-32-23/h1-5,13-14,25H,6-11,15-17H2. The summed E-state index contributed by atoms with van der Waals surface area (Å²) in [7, 11) is 0. The van der Waals surface area contributed by atoms with Crippen LogP contribution in [0.4, 0.5) is 19.0 Å². The number of hydrogen-bond donors (Lipinski definition) is 0. The van der Waals surface area contributed by atoms with Crippen LogP contribution in [0.25, 0.3) is 0 Å². The van der Waals surface area contributed by atoms with Crippen molar-refractivity contribution in [3.63, 3.8) is 0 Å². The maximum absolute atomic E-state index is 13.6. The molecule has 3 aliphatic rings. The zero-order valence-electron chi connectivity index (χ0n) is 21.5. The number of halogens is 3. The van der Waals surface area contributed by atoms with Gasteiger partial charge in [0.15, 0.2) is 5.92 Å². The molecule has 40 heavy (non-hydrogen) atoms. The Morgan fingerprint density at radius 3 is 2.60 bits per heavy atom. The number of aromatic nitrogens is 1. The predicted molar refractivity (Wildman–Crippen MR) is 135 cm³/mol. The Hall–Kier alpha value is -4.31. The number of anilines is 1. The summed E-state index contributed by atoms with van der Waals surface area (Å²) in [5, 5.41) is 15.5. The molecule has 1 aromatic heterocycles. The SMILES string of the molecule is N#Cc1ccc(N2CCN(C(=O)CCOCc3cccc4c3CN(C3=CN=NC(=O)C3C(F)(F)F)C4)CC2)nc1. The lowest BCUT2D eigenvalue weighted by Gasteiger charge is -2.35. The molecule has 0 bridgehead atoms. The maximum atomic E-state index is 13.6. The first kappa shape index (κ1) is 27.3. The normalized spacial score (nSPS) is 18.9. The van der Waals surface area contributed by atoms with Gasteiger partial charge in [0.2, 0.25) is 5.91 Å². The summed E-state index contributed by atoms with van der Waals surface area (Å²) in [5.74, 6) is -2.89. The number of fused-ring (bicyclic) bond motifs is 1. The van der Waals surface area contributed by atoms with E-state index in [0.29, 0.717) is 31.7 Å². The van der Waals surface area contributed by atoms with Crippen LogP contribution >= 0.6 is 0 Å². The van der Waals surface area contributed by atoms with Gasteiger partial charge in [-0.05, 0) is 28.8 Å². The molecule has 13 heteroatoms. The van der Waals surface area contributed by atoms with E-state index in [0.717, 1.165) is 28.7 Å². The zero-order chi connectivity index (χ0) is 28.3. The van der Waals surface area contributed by atoms with E-state index >= 15 is 0 Å². The molecule has 0 spiro atoms. The first-order valence-electron chi connectivity index (χ1n) is 12.8. The van der Waals surface area contributed by atoms with Gasteiger partial charge in [-0.15, -0.1) is 5.11 Å². The Morgan fingerprint density at radius 2 is 1.90 bits per heavy atom. The van der Waals surface area contributed by atoms with Gasteiger partial charge in [-0.3, -0.25) is 9.59 Å². The van der Waals surface area contributed by atoms with Crippen molar-refractivity contribution in [3.05, 3.63) is 70.7 Å². The largest absolute Gasteiger partial charge is 0.406 e. The predicted octanol–water partition coefficient (Wildman–Crippen LogP) is 3.54. The molecule has 0 aliphatic carbocycles. The molecule has 2 amide bonds. The molecule has 5 rings (SSSR count). The van der Waals surface area contributed by atoms with E-state index in [9.17, 15) is 22.8 Å². The number of nitrogens with zero attached hydrogens (tertiary/aromatic N) is 7. The Kier molecular flexibility index (Phi) is 7.79. The number of nitriles is 1. The number of hydrogen-bond acceptors (Lipinski definition) is 8. The van der Waals surface area contributed by atoms with E-state index in [-0.39, 0.29) is 44.3 Å². The molecule has 3 aliphatic heterocycles. The first-order valence-corrected chi connectivity index (χ1v) is 12.8. The van der Waals surface area contributed by atoms with Crippen LogP contribution in [0.5, 0.6) is 0 Å². The van der Waals surface area contributed by atoms with Gasteiger partial charge in [0, 0.05) is 45.5 Å². The number of ether oxygens (including phenoxy) is 1. The van der Waals surface area contributed by atoms with Crippen molar-refractivity contribution in [2.75, 3.05) is 37.7 Å². The highest BCUT2D eigenvalue weighted by Gasteiger charge is 2.50. The number of rotatable bonds is 7. The van der Waals surface area contributed by atoms with E-state index in [1.807, 2.05) is 24.3 Å². The third-order valence-corrected chi connectivity index (χ3v) is 7.21. The Balaban J connectivity index is 1.10. The van der Waals surface area contributed by atoms with Crippen molar-refractivity contribution in [1.82, 2.24) is 14.8 Å². The van der Waals surface area contributed by atoms with Crippen molar-refractivity contribution in [1.29, 1.82) is 5.26 Å². The van der Waals surface area contributed by atoms with Crippen LogP contribution in [0.1, 0.15) is 28.7 Å². The highest BCUT2D eigenvalue weighted by Crippen LogP contribution is 2.40. The molecule has 2 aromatic rings. The van der Waals surface area contributed by atoms with Crippen LogP contribution < -0.4 is 4.90 Å². The summed E-state index contributed by atoms with van der Waals surface area (Å²) in [6.07, 6.45) is -2.01. The molecule has 0 N–H and O–H groups in total. The van der Waals surface area contributed by atoms with Crippen molar-refractivity contribution >= 4 is 17.6 Å². The lowest BCUT2D eigenvalue weighted by molar-refractivity contribution is -0.177. The van der Waals surface area contributed by atoms with Crippen molar-refractivity contribution in [3.8, 4) is 6.07 Å². The molecule has 1 atom stereocenters. The van der Waals surface area contributed by atoms with Gasteiger partial charge in [-0.2, -0.15) is 23.5 Å². The average Bonchev–Trinajstić information content (AvgIpc) is 3.40. The third-order valence-electron chi connectivity index (χ3n) is 7.21. The number of pyridine rings is 1. The van der Waals surface area contributed by atoms with Crippen molar-refractivity contribution in [2.45, 2.75) is 32.3 Å². The minimum atomic E-state index is -4.76. The van der Waals surface area contributed by atoms with Crippen LogP contribution in [0.15, 0.2) is 58.7 Å². The number of alkyl halides is 3. The third kappa shape index (κ3) is 5.81. The number of piperazine rings is 1. The summed E-state index contributed by atoms with van der Waals surface area (Å²) < 4.78 is 46.5. The quantitative estimate of drug-likeness (QED) is 0.482. The molecule has 10 nitrogen and oxygen atoms in total. The number of carbonyl (C=O) groups excluding carboxylic acids is 2. The molecule has 1 aromatic carbocycles. The fourth-order valence-corrected chi connectivity index (χ4v) is 5.11. The highest BCUT2D eigenvalue weighted by atomic mass is 19.4. The summed E-state index contributed by atoms with van der Waals surface area (Å²) in [6.45, 7) is 3.20. The highest BCUT2D eigenvalue weighted by molar-refractivity contribution is 5.83. The van der Waals surface area contributed by atoms with Gasteiger partial charge in [0.1, 0.15) is 11.9 Å². The van der Waals surface area contributed by atoms with Gasteiger partial charge < -0.3 is 19.4 Å². The second-order valence-electron chi connectivity index (χ2n) is 9.68. The number of benzene rings is 1. The smallest absolute Gasteiger partial charge is 0.376 e. The monoisotopic (exact) mass is 553 g/mol. The van der Waals surface area contributed by atoms with E-state index in [4.69, 9.17) is 10.00 Å². The number of carbonyl (C=O) groups is 2. The molecular weight excluding hydrogens is 527 g/mol. The van der Waals surface area contributed by atoms with Gasteiger partial charge in [0.25, 0.3) is 5.91 Å². The van der Waals surface area contributed by atoms with Crippen LogP contribution in [0.2, 0.25) is 0 Å². The Morgan fingerprint density at radius 1 is 1.10 bits per heavy atom. The first-order chi connectivity index (χ1) is 19.2. The molecule has 0 saturated carbocycles. The van der Waals surface area contributed by atoms with Gasteiger partial charge in [0.05, 0.1) is 37.1 Å². The molecule has 0 radical (unpaired) electrons. The van der Waals surface area contributed by atoms with Crippen molar-refractivity contribution in [2.24, 2.45) is 16.1 Å². The van der Waals surface area contributed by atoms with Gasteiger partial charge in [-0.1, -0.05) is 18.2 Å². The number of azo groups is 1. The van der Waals surface area contributed by atoms with Crippen LogP contribution in [0.3, 0.4) is 0 Å². The molecule has 1 unspecified atom stereocenters. The summed E-state index contributed by atoms with van der Waals surface area (Å²) in [6, 6.07) is 11.1.